The molecule has 1 unspecified atom stereocenters. The highest BCUT2D eigenvalue weighted by Gasteiger charge is 2.17. The highest BCUT2D eigenvalue weighted by molar-refractivity contribution is 6.31. The number of nitrogens with one attached hydrogen (secondary N) is 1. The van der Waals surface area contributed by atoms with E-state index in [2.05, 4.69) is 37.1 Å². The van der Waals surface area contributed by atoms with Crippen molar-refractivity contribution in [1.82, 2.24) is 10.3 Å². The lowest BCUT2D eigenvalue weighted by molar-refractivity contribution is 0.459. The van der Waals surface area contributed by atoms with Crippen molar-refractivity contribution in [3.63, 3.8) is 0 Å². The molecule has 1 aromatic rings. The smallest absolute Gasteiger partial charge is 0.128 e. The van der Waals surface area contributed by atoms with Crippen LogP contribution in [0.25, 0.3) is 0 Å². The van der Waals surface area contributed by atoms with Crippen LogP contribution in [0.3, 0.4) is 0 Å². The van der Waals surface area contributed by atoms with Gasteiger partial charge in [0.1, 0.15) is 5.82 Å². The third-order valence-corrected chi connectivity index (χ3v) is 4.67. The Kier molecular flexibility index (Phi) is 6.31. The largest absolute Gasteiger partial charge is 0.357 e. The van der Waals surface area contributed by atoms with Crippen molar-refractivity contribution in [3.05, 3.63) is 22.8 Å². The van der Waals surface area contributed by atoms with E-state index in [1.54, 1.807) is 0 Å². The minimum Gasteiger partial charge on any atom is -0.357 e. The van der Waals surface area contributed by atoms with Gasteiger partial charge in [0.15, 0.2) is 0 Å². The second-order valence-corrected chi connectivity index (χ2v) is 6.73. The molecule has 0 aliphatic carbocycles. The number of aromatic nitrogens is 1. The third-order valence-electron chi connectivity index (χ3n) is 4.33. The van der Waals surface area contributed by atoms with Gasteiger partial charge in [-0.3, -0.25) is 0 Å². The zero-order chi connectivity index (χ0) is 15.2. The predicted molar refractivity (Wildman–Crippen MR) is 91.1 cm³/mol. The summed E-state index contributed by atoms with van der Waals surface area (Å²) < 4.78 is 0. The van der Waals surface area contributed by atoms with Crippen molar-refractivity contribution in [2.24, 2.45) is 5.92 Å². The maximum absolute atomic E-state index is 6.28. The van der Waals surface area contributed by atoms with Crippen molar-refractivity contribution in [2.45, 2.75) is 59.0 Å². The molecule has 0 spiro atoms. The predicted octanol–water partition coefficient (Wildman–Crippen LogP) is 4.25. The van der Waals surface area contributed by atoms with Gasteiger partial charge in [-0.25, -0.2) is 4.98 Å². The van der Waals surface area contributed by atoms with Gasteiger partial charge in [0.25, 0.3) is 0 Å². The number of anilines is 1. The molecule has 1 atom stereocenters. The fourth-order valence-corrected chi connectivity index (χ4v) is 3.05. The molecule has 1 aliphatic heterocycles. The van der Waals surface area contributed by atoms with Gasteiger partial charge in [0.05, 0.1) is 10.7 Å². The zero-order valence-electron chi connectivity index (χ0n) is 13.5. The molecular weight excluding hydrogens is 282 g/mol. The van der Waals surface area contributed by atoms with Gasteiger partial charge in [-0.2, -0.15) is 0 Å². The van der Waals surface area contributed by atoms with E-state index < -0.39 is 0 Å². The minimum atomic E-state index is 0.440. The summed E-state index contributed by atoms with van der Waals surface area (Å²) in [5.74, 6) is 1.96. The molecule has 0 amide bonds. The highest BCUT2D eigenvalue weighted by Crippen LogP contribution is 2.25. The number of nitrogens with zero attached hydrogens (tertiary/aromatic N) is 2. The first-order chi connectivity index (χ1) is 10.1. The van der Waals surface area contributed by atoms with Crippen LogP contribution in [0.2, 0.25) is 5.02 Å². The molecule has 3 nitrogen and oxygen atoms in total. The summed E-state index contributed by atoms with van der Waals surface area (Å²) in [5.41, 5.74) is 0.958. The monoisotopic (exact) mass is 309 g/mol. The average Bonchev–Trinajstić information content (AvgIpc) is 2.71. The van der Waals surface area contributed by atoms with Crippen LogP contribution in [0.5, 0.6) is 0 Å². The van der Waals surface area contributed by atoms with E-state index in [1.807, 2.05) is 6.07 Å². The molecule has 1 saturated heterocycles. The first-order valence-corrected chi connectivity index (χ1v) is 8.61. The normalized spacial score (nSPS) is 19.9. The summed E-state index contributed by atoms with van der Waals surface area (Å²) in [5, 5.41) is 4.15. The Morgan fingerprint density at radius 3 is 2.86 bits per heavy atom. The fourth-order valence-electron chi connectivity index (χ4n) is 2.88. The van der Waals surface area contributed by atoms with Crippen molar-refractivity contribution in [2.75, 3.05) is 18.0 Å². The molecule has 1 aliphatic rings. The van der Waals surface area contributed by atoms with Crippen molar-refractivity contribution in [1.29, 1.82) is 0 Å². The minimum absolute atomic E-state index is 0.440. The summed E-state index contributed by atoms with van der Waals surface area (Å²) >= 11 is 6.28. The average molecular weight is 310 g/mol. The summed E-state index contributed by atoms with van der Waals surface area (Å²) in [6.07, 6.45) is 5.19. The van der Waals surface area contributed by atoms with Crippen LogP contribution in [0, 0.1) is 5.92 Å². The molecule has 1 aromatic heterocycles. The van der Waals surface area contributed by atoms with Crippen LogP contribution in [0.1, 0.15) is 52.1 Å². The lowest BCUT2D eigenvalue weighted by Crippen LogP contribution is -2.27. The van der Waals surface area contributed by atoms with Crippen LogP contribution in [0.4, 0.5) is 5.82 Å². The van der Waals surface area contributed by atoms with Crippen molar-refractivity contribution < 1.29 is 0 Å². The Hall–Kier alpha value is -0.800. The summed E-state index contributed by atoms with van der Waals surface area (Å²) in [7, 11) is 0. The number of pyridine rings is 1. The van der Waals surface area contributed by atoms with E-state index in [0.29, 0.717) is 6.04 Å². The Bertz CT molecular complexity index is 448. The molecule has 0 radical (unpaired) electrons. The van der Waals surface area contributed by atoms with Gasteiger partial charge in [0.2, 0.25) is 0 Å². The fraction of sp³-hybridized carbons (Fsp3) is 0.706. The summed E-state index contributed by atoms with van der Waals surface area (Å²) in [6, 6.07) is 4.49. The number of rotatable bonds is 5. The molecule has 4 heteroatoms. The molecule has 118 valence electrons. The van der Waals surface area contributed by atoms with Crippen LogP contribution >= 0.6 is 11.6 Å². The van der Waals surface area contributed by atoms with E-state index in [1.165, 1.54) is 25.7 Å². The van der Waals surface area contributed by atoms with Crippen LogP contribution in [-0.4, -0.2) is 24.1 Å². The van der Waals surface area contributed by atoms with E-state index in [-0.39, 0.29) is 0 Å². The van der Waals surface area contributed by atoms with Gasteiger partial charge in [-0.1, -0.05) is 38.8 Å². The Morgan fingerprint density at radius 2 is 2.14 bits per heavy atom. The highest BCUT2D eigenvalue weighted by atomic mass is 35.5. The van der Waals surface area contributed by atoms with Gasteiger partial charge in [-0.15, -0.1) is 0 Å². The molecule has 2 heterocycles. The van der Waals surface area contributed by atoms with Gasteiger partial charge in [0, 0.05) is 25.7 Å². The van der Waals surface area contributed by atoms with Gasteiger partial charge >= 0.3 is 0 Å². The lowest BCUT2D eigenvalue weighted by atomic mass is 9.98. The standard InChI is InChI=1S/C17H28ClN3/c1-4-14-6-5-10-21(11-9-14)17-8-7-15(18)16(20-17)12-19-13(2)3/h7-8,13-14,19H,4-6,9-12H2,1-3H3. The second kappa shape index (κ2) is 8.00. The first kappa shape index (κ1) is 16.6. The van der Waals surface area contributed by atoms with E-state index in [0.717, 1.165) is 42.1 Å². The van der Waals surface area contributed by atoms with Crippen molar-refractivity contribution in [3.8, 4) is 0 Å². The summed E-state index contributed by atoms with van der Waals surface area (Å²) in [4.78, 5) is 7.21. The summed E-state index contributed by atoms with van der Waals surface area (Å²) in [6.45, 7) is 9.54. The van der Waals surface area contributed by atoms with Gasteiger partial charge in [-0.05, 0) is 37.3 Å². The number of halogens is 1. The molecule has 2 rings (SSSR count). The van der Waals surface area contributed by atoms with Crippen LogP contribution in [0.15, 0.2) is 12.1 Å². The number of hydrogen-bond acceptors (Lipinski definition) is 3. The quantitative estimate of drug-likeness (QED) is 0.881. The third kappa shape index (κ3) is 4.86. The Labute approximate surface area is 134 Å². The van der Waals surface area contributed by atoms with Crippen LogP contribution < -0.4 is 10.2 Å². The van der Waals surface area contributed by atoms with Crippen LogP contribution in [-0.2, 0) is 6.54 Å². The maximum atomic E-state index is 6.28. The zero-order valence-corrected chi connectivity index (χ0v) is 14.3. The van der Waals surface area contributed by atoms with E-state index in [4.69, 9.17) is 16.6 Å². The first-order valence-electron chi connectivity index (χ1n) is 8.24. The molecule has 0 bridgehead atoms. The SMILES string of the molecule is CCC1CCCN(c2ccc(Cl)c(CNC(C)C)n2)CC1. The van der Waals surface area contributed by atoms with E-state index >= 15 is 0 Å². The second-order valence-electron chi connectivity index (χ2n) is 6.33. The Balaban J connectivity index is 2.07. The molecule has 1 fully saturated rings. The van der Waals surface area contributed by atoms with E-state index in [9.17, 15) is 0 Å². The molecule has 21 heavy (non-hydrogen) atoms. The topological polar surface area (TPSA) is 28.2 Å². The lowest BCUT2D eigenvalue weighted by Gasteiger charge is -2.23. The molecule has 1 N–H and O–H groups in total. The molecule has 0 aromatic carbocycles. The Morgan fingerprint density at radius 1 is 1.33 bits per heavy atom. The van der Waals surface area contributed by atoms with Crippen molar-refractivity contribution >= 4 is 17.4 Å². The molecular formula is C17H28ClN3. The maximum Gasteiger partial charge on any atom is 0.128 e. The molecule has 0 saturated carbocycles. The number of hydrogen-bond donors (Lipinski definition) is 1. The van der Waals surface area contributed by atoms with Gasteiger partial charge < -0.3 is 10.2 Å².